The van der Waals surface area contributed by atoms with Crippen molar-refractivity contribution in [2.75, 3.05) is 13.2 Å². The van der Waals surface area contributed by atoms with Crippen molar-refractivity contribution in [3.63, 3.8) is 0 Å². The first-order chi connectivity index (χ1) is 21.9. The second-order valence-electron chi connectivity index (χ2n) is 13.2. The quantitative estimate of drug-likeness (QED) is 0.0911. The standard InChI is InChI=1S/C36H46N3O5PS/c1-7-43-45(42,44-8-2)32(27-16-11-14-24-13-9-10-15-26(24)27)37-34(46)38-33(40)36(6)20-12-19-35(5)29-18-17-25(23(3)4)21-28(29)30(39-41)22-31(35)36/h9-11,13-18,21,23,31-32,41H,7-8,12,19-20,22H2,1-6H3,(H2,37,38,40,46)/b39-30-/t31-,32?,35-,36-/m1/s1. The van der Waals surface area contributed by atoms with Crippen molar-refractivity contribution in [3.05, 3.63) is 82.9 Å². The van der Waals surface area contributed by atoms with E-state index >= 15 is 0 Å². The zero-order valence-corrected chi connectivity index (χ0v) is 29.3. The maximum atomic E-state index is 14.3. The van der Waals surface area contributed by atoms with E-state index in [1.54, 1.807) is 13.8 Å². The van der Waals surface area contributed by atoms with Crippen LogP contribution in [0.4, 0.5) is 0 Å². The topological polar surface area (TPSA) is 109 Å². The number of rotatable bonds is 9. The molecule has 1 amide bonds. The SMILES string of the molecule is CCOP(=O)(OCC)C(NC(=S)NC(=O)[C@]1(C)CCC[C@]2(C)c3ccc(C(C)C)cc3/C(=N\O)C[C@@H]12)c1cccc2ccccc12. The summed E-state index contributed by atoms with van der Waals surface area (Å²) in [5.74, 6) is -0.975. The highest BCUT2D eigenvalue weighted by Gasteiger charge is 2.56. The van der Waals surface area contributed by atoms with E-state index in [1.165, 1.54) is 5.56 Å². The number of benzene rings is 3. The Bertz CT molecular complexity index is 1690. The number of carbonyl (C=O) groups is 1. The zero-order valence-electron chi connectivity index (χ0n) is 27.6. The van der Waals surface area contributed by atoms with Crippen molar-refractivity contribution in [1.29, 1.82) is 0 Å². The third-order valence-electron chi connectivity index (χ3n) is 10.2. The van der Waals surface area contributed by atoms with Crippen LogP contribution in [-0.4, -0.2) is 35.2 Å². The zero-order chi connectivity index (χ0) is 33.3. The van der Waals surface area contributed by atoms with E-state index in [0.717, 1.165) is 34.7 Å². The van der Waals surface area contributed by atoms with Crippen molar-refractivity contribution in [3.8, 4) is 0 Å². The van der Waals surface area contributed by atoms with E-state index in [0.29, 0.717) is 30.0 Å². The first-order valence-corrected chi connectivity index (χ1v) is 18.3. The van der Waals surface area contributed by atoms with E-state index in [2.05, 4.69) is 54.8 Å². The van der Waals surface area contributed by atoms with E-state index in [4.69, 9.17) is 21.3 Å². The Balaban J connectivity index is 1.47. The lowest BCUT2D eigenvalue weighted by atomic mass is 9.49. The van der Waals surface area contributed by atoms with Crippen molar-refractivity contribution < 1.29 is 23.6 Å². The predicted molar refractivity (Wildman–Crippen MR) is 188 cm³/mol. The lowest BCUT2D eigenvalue weighted by Gasteiger charge is -2.54. The smallest absolute Gasteiger partial charge is 0.357 e. The molecule has 8 nitrogen and oxygen atoms in total. The third-order valence-corrected chi connectivity index (χ3v) is 12.6. The molecule has 2 aliphatic rings. The minimum atomic E-state index is -3.79. The van der Waals surface area contributed by atoms with Crippen molar-refractivity contribution in [2.24, 2.45) is 16.5 Å². The van der Waals surface area contributed by atoms with Crippen LogP contribution in [0, 0.1) is 11.3 Å². The first kappa shape index (κ1) is 34.2. The maximum Gasteiger partial charge on any atom is 0.357 e. The molecule has 1 fully saturated rings. The van der Waals surface area contributed by atoms with Crippen molar-refractivity contribution >= 4 is 47.3 Å². The monoisotopic (exact) mass is 663 g/mol. The van der Waals surface area contributed by atoms with Gasteiger partial charge in [0, 0.05) is 5.56 Å². The van der Waals surface area contributed by atoms with E-state index in [9.17, 15) is 14.6 Å². The number of carbonyl (C=O) groups excluding carboxylic acids is 1. The minimum absolute atomic E-state index is 0.0462. The number of nitrogens with zero attached hydrogens (tertiary/aromatic N) is 1. The molecular formula is C36H46N3O5PS. The average Bonchev–Trinajstić information content (AvgIpc) is 3.03. The summed E-state index contributed by atoms with van der Waals surface area (Å²) in [7, 11) is -3.79. The normalized spacial score (nSPS) is 24.3. The number of hydrogen-bond acceptors (Lipinski definition) is 7. The molecule has 10 heteroatoms. The van der Waals surface area contributed by atoms with E-state index in [-0.39, 0.29) is 35.6 Å². The van der Waals surface area contributed by atoms with Crippen LogP contribution in [0.15, 0.2) is 65.8 Å². The Labute approximate surface area is 277 Å². The van der Waals surface area contributed by atoms with Crippen LogP contribution >= 0.6 is 19.8 Å². The van der Waals surface area contributed by atoms with Crippen LogP contribution < -0.4 is 10.6 Å². The Kier molecular flexibility index (Phi) is 10.1. The highest BCUT2D eigenvalue weighted by Crippen LogP contribution is 2.61. The fraction of sp³-hybridized carbons (Fsp3) is 0.472. The molecule has 0 bridgehead atoms. The van der Waals surface area contributed by atoms with Gasteiger partial charge in [-0.1, -0.05) is 93.9 Å². The lowest BCUT2D eigenvalue weighted by molar-refractivity contribution is -0.136. The summed E-state index contributed by atoms with van der Waals surface area (Å²) in [6.07, 6.45) is 2.90. The van der Waals surface area contributed by atoms with Crippen LogP contribution in [0.5, 0.6) is 0 Å². The molecule has 3 aromatic carbocycles. The van der Waals surface area contributed by atoms with Gasteiger partial charge in [-0.3, -0.25) is 9.36 Å². The molecule has 246 valence electrons. The second-order valence-corrected chi connectivity index (χ2v) is 15.7. The van der Waals surface area contributed by atoms with Gasteiger partial charge < -0.3 is 24.9 Å². The van der Waals surface area contributed by atoms with Gasteiger partial charge in [0.1, 0.15) is 0 Å². The third kappa shape index (κ3) is 6.15. The van der Waals surface area contributed by atoms with E-state index < -0.39 is 18.8 Å². The summed E-state index contributed by atoms with van der Waals surface area (Å²) in [6.45, 7) is 12.4. The van der Waals surface area contributed by atoms with Gasteiger partial charge in [-0.15, -0.1) is 0 Å². The molecule has 0 radical (unpaired) electrons. The Morgan fingerprint density at radius 1 is 1.07 bits per heavy atom. The fourth-order valence-corrected chi connectivity index (χ4v) is 9.99. The Morgan fingerprint density at radius 2 is 1.76 bits per heavy atom. The molecule has 0 aromatic heterocycles. The minimum Gasteiger partial charge on any atom is -0.411 e. The van der Waals surface area contributed by atoms with Gasteiger partial charge in [0.2, 0.25) is 5.91 Å². The molecule has 4 atom stereocenters. The molecule has 1 unspecified atom stereocenters. The molecular weight excluding hydrogens is 617 g/mol. The summed E-state index contributed by atoms with van der Waals surface area (Å²) >= 11 is 5.77. The molecule has 2 aliphatic carbocycles. The van der Waals surface area contributed by atoms with Gasteiger partial charge in [-0.05, 0) is 96.1 Å². The number of hydrogen-bond donors (Lipinski definition) is 3. The van der Waals surface area contributed by atoms with Crippen LogP contribution in [-0.2, 0) is 23.8 Å². The highest BCUT2D eigenvalue weighted by molar-refractivity contribution is 7.80. The average molecular weight is 664 g/mol. The van der Waals surface area contributed by atoms with Crippen LogP contribution in [0.25, 0.3) is 10.8 Å². The maximum absolute atomic E-state index is 14.3. The molecule has 1 saturated carbocycles. The van der Waals surface area contributed by atoms with Crippen LogP contribution in [0.3, 0.4) is 0 Å². The van der Waals surface area contributed by atoms with Gasteiger partial charge in [0.15, 0.2) is 10.9 Å². The Hall–Kier alpha value is -3.10. The van der Waals surface area contributed by atoms with Gasteiger partial charge in [-0.2, -0.15) is 0 Å². The lowest BCUT2D eigenvalue weighted by Crippen LogP contribution is -2.58. The van der Waals surface area contributed by atoms with E-state index in [1.807, 2.05) is 49.4 Å². The number of thiocarbonyl (C=S) groups is 1. The molecule has 46 heavy (non-hydrogen) atoms. The fourth-order valence-electron chi connectivity index (χ4n) is 7.74. The van der Waals surface area contributed by atoms with Gasteiger partial charge >= 0.3 is 7.60 Å². The highest BCUT2D eigenvalue weighted by atomic mass is 32.1. The van der Waals surface area contributed by atoms with Crippen molar-refractivity contribution in [1.82, 2.24) is 10.6 Å². The molecule has 0 aliphatic heterocycles. The number of oxime groups is 1. The largest absolute Gasteiger partial charge is 0.411 e. The number of amides is 1. The molecule has 0 heterocycles. The Morgan fingerprint density at radius 3 is 2.43 bits per heavy atom. The summed E-state index contributed by atoms with van der Waals surface area (Å²) < 4.78 is 25.9. The first-order valence-electron chi connectivity index (χ1n) is 16.3. The van der Waals surface area contributed by atoms with Crippen LogP contribution in [0.1, 0.15) is 101 Å². The van der Waals surface area contributed by atoms with Gasteiger partial charge in [0.25, 0.3) is 0 Å². The van der Waals surface area contributed by atoms with Crippen molar-refractivity contribution in [2.45, 2.75) is 84.3 Å². The number of nitrogens with one attached hydrogen (secondary N) is 2. The molecule has 0 spiro atoms. The molecule has 5 rings (SSSR count). The second kappa shape index (κ2) is 13.6. The molecule has 3 aromatic rings. The predicted octanol–water partition coefficient (Wildman–Crippen LogP) is 8.56. The van der Waals surface area contributed by atoms with Gasteiger partial charge in [0.05, 0.1) is 24.3 Å². The summed E-state index contributed by atoms with van der Waals surface area (Å²) in [6, 6.07) is 20.0. The summed E-state index contributed by atoms with van der Waals surface area (Å²) in [5.41, 5.74) is 3.45. The number of fused-ring (bicyclic) bond motifs is 4. The molecule has 0 saturated heterocycles. The van der Waals surface area contributed by atoms with Gasteiger partial charge in [-0.25, -0.2) is 0 Å². The molecule has 3 N–H and O–H groups in total. The summed E-state index contributed by atoms with van der Waals surface area (Å²) in [5, 5.41) is 21.9. The van der Waals surface area contributed by atoms with Crippen LogP contribution in [0.2, 0.25) is 0 Å². The summed E-state index contributed by atoms with van der Waals surface area (Å²) in [4.78, 5) is 14.3.